The van der Waals surface area contributed by atoms with Gasteiger partial charge in [0.2, 0.25) is 0 Å². The van der Waals surface area contributed by atoms with Crippen molar-refractivity contribution >= 4 is 47.3 Å². The molecule has 1 atom stereocenters. The first-order chi connectivity index (χ1) is 24.4. The number of hydrogen-bond donors (Lipinski definition) is 2. The molecule has 0 saturated carbocycles. The van der Waals surface area contributed by atoms with E-state index >= 15 is 0 Å². The van der Waals surface area contributed by atoms with Crippen LogP contribution in [0.1, 0.15) is 42.4 Å². The van der Waals surface area contributed by atoms with Gasteiger partial charge in [-0.2, -0.15) is 13.2 Å². The number of benzene rings is 2. The van der Waals surface area contributed by atoms with Crippen LogP contribution in [-0.2, 0) is 38.1 Å². The van der Waals surface area contributed by atoms with Gasteiger partial charge in [-0.15, -0.1) is 0 Å². The number of anilines is 2. The van der Waals surface area contributed by atoms with Gasteiger partial charge in [0.25, 0.3) is 5.91 Å². The number of aldehydes is 1. The lowest BCUT2D eigenvalue weighted by Gasteiger charge is -2.46. The van der Waals surface area contributed by atoms with Crippen molar-refractivity contribution in [2.45, 2.75) is 69.0 Å². The summed E-state index contributed by atoms with van der Waals surface area (Å²) in [5.74, 6) is -0.505. The Kier molecular flexibility index (Phi) is 11.3. The molecule has 4 aliphatic heterocycles. The third-order valence-electron chi connectivity index (χ3n) is 10.3. The molecular weight excluding hydrogens is 693 g/mol. The molecule has 0 radical (unpaired) electrons. The number of nitrogens with zero attached hydrogens (tertiary/aromatic N) is 4. The number of amides is 4. The largest absolute Gasteiger partial charge is 0.436 e. The number of halogens is 4. The molecule has 51 heavy (non-hydrogen) atoms. The zero-order chi connectivity index (χ0) is 36.3. The maximum Gasteiger partial charge on any atom is 0.418 e. The number of hydrogen-bond acceptors (Lipinski definition) is 8. The Bertz CT molecular complexity index is 1610. The lowest BCUT2D eigenvalue weighted by molar-refractivity contribution is -0.143. The Balaban J connectivity index is 1.10. The van der Waals surface area contributed by atoms with E-state index < -0.39 is 35.5 Å². The van der Waals surface area contributed by atoms with Crippen molar-refractivity contribution in [1.29, 1.82) is 0 Å². The number of para-hydroxylation sites is 1. The van der Waals surface area contributed by atoms with E-state index in [2.05, 4.69) is 10.2 Å². The number of nitrogens with two attached hydrogens (primary N) is 1. The SMILES string of the molecule is Nc1c(Cl)cc(C[C@@H](OC(=O)N2CCC(N3CCc4ccccc4NC3=O)CC2)C(=O)N2CCC(N3CC(OCC=O)C3)CC2)cc1C(F)(F)F. The molecule has 16 heteroatoms. The number of alkyl halides is 3. The highest BCUT2D eigenvalue weighted by Crippen LogP contribution is 2.38. The Morgan fingerprint density at radius 2 is 1.67 bits per heavy atom. The lowest BCUT2D eigenvalue weighted by Crippen LogP contribution is -2.59. The number of rotatable bonds is 9. The first-order valence-electron chi connectivity index (χ1n) is 17.3. The van der Waals surface area contributed by atoms with Crippen LogP contribution in [0.4, 0.5) is 34.1 Å². The van der Waals surface area contributed by atoms with E-state index in [0.717, 1.165) is 23.6 Å². The molecule has 4 heterocycles. The van der Waals surface area contributed by atoms with Crippen LogP contribution in [-0.4, -0.2) is 121 Å². The van der Waals surface area contributed by atoms with Crippen LogP contribution in [0.2, 0.25) is 5.02 Å². The van der Waals surface area contributed by atoms with Gasteiger partial charge in [-0.05, 0) is 61.4 Å². The molecule has 0 aliphatic carbocycles. The van der Waals surface area contributed by atoms with Crippen LogP contribution in [0.15, 0.2) is 36.4 Å². The van der Waals surface area contributed by atoms with Crippen LogP contribution < -0.4 is 11.1 Å². The molecule has 0 aromatic heterocycles. The van der Waals surface area contributed by atoms with Crippen molar-refractivity contribution in [2.75, 3.05) is 63.5 Å². The minimum atomic E-state index is -4.78. The number of urea groups is 1. The number of carbonyl (C=O) groups excluding carboxylic acids is 4. The summed E-state index contributed by atoms with van der Waals surface area (Å²) in [6.45, 7) is 3.25. The molecule has 0 unspecified atom stereocenters. The second-order valence-corrected chi connectivity index (χ2v) is 13.9. The Morgan fingerprint density at radius 1 is 1.00 bits per heavy atom. The number of likely N-dealkylation sites (tertiary alicyclic amines) is 3. The molecule has 3 N–H and O–H groups in total. The number of nitrogens with one attached hydrogen (secondary N) is 1. The van der Waals surface area contributed by atoms with Crippen LogP contribution >= 0.6 is 11.6 Å². The van der Waals surface area contributed by atoms with Crippen molar-refractivity contribution < 1.29 is 41.8 Å². The minimum Gasteiger partial charge on any atom is -0.436 e. The van der Waals surface area contributed by atoms with Crippen LogP contribution in [0.25, 0.3) is 0 Å². The summed E-state index contributed by atoms with van der Waals surface area (Å²) in [6.07, 6.45) is -3.59. The standard InChI is InChI=1S/C35H42ClF3N6O6/c36-28-18-22(17-27(31(28)40)35(37,38)39)19-30(32(47)42-10-6-24(7-11-42)44-20-26(21-44)50-16-15-46)51-34(49)43-12-8-25(9-13-43)45-14-5-23-3-1-2-4-29(23)41-33(45)48/h1-4,15,17-18,24-26,30H,5-14,16,19-21,40H2,(H,41,48)/t30-/m1/s1. The lowest BCUT2D eigenvalue weighted by atomic mass is 9.97. The van der Waals surface area contributed by atoms with Crippen LogP contribution in [0.5, 0.6) is 0 Å². The predicted molar refractivity (Wildman–Crippen MR) is 182 cm³/mol. The maximum absolute atomic E-state index is 13.9. The van der Waals surface area contributed by atoms with Crippen LogP contribution in [0, 0.1) is 0 Å². The number of carbonyl (C=O) groups is 4. The van der Waals surface area contributed by atoms with Gasteiger partial charge in [-0.25, -0.2) is 9.59 Å². The topological polar surface area (TPSA) is 138 Å². The summed E-state index contributed by atoms with van der Waals surface area (Å²) >= 11 is 6.09. The third kappa shape index (κ3) is 8.53. The summed E-state index contributed by atoms with van der Waals surface area (Å²) in [7, 11) is 0. The van der Waals surface area contributed by atoms with Gasteiger partial charge in [0.05, 0.1) is 22.4 Å². The molecule has 0 bridgehead atoms. The molecular formula is C35H42ClF3N6O6. The van der Waals surface area contributed by atoms with Gasteiger partial charge < -0.3 is 40.0 Å². The highest BCUT2D eigenvalue weighted by molar-refractivity contribution is 6.33. The second-order valence-electron chi connectivity index (χ2n) is 13.5. The fourth-order valence-corrected chi connectivity index (χ4v) is 7.66. The number of ether oxygens (including phenoxy) is 2. The predicted octanol–water partition coefficient (Wildman–Crippen LogP) is 4.43. The van der Waals surface area contributed by atoms with E-state index in [1.807, 2.05) is 24.3 Å². The van der Waals surface area contributed by atoms with Gasteiger partial charge in [0.1, 0.15) is 12.9 Å². The fraction of sp³-hybridized carbons (Fsp3) is 0.543. The smallest absolute Gasteiger partial charge is 0.418 e. The van der Waals surface area contributed by atoms with Gasteiger partial charge >= 0.3 is 18.3 Å². The summed E-state index contributed by atoms with van der Waals surface area (Å²) in [5, 5.41) is 2.66. The third-order valence-corrected chi connectivity index (χ3v) is 10.6. The summed E-state index contributed by atoms with van der Waals surface area (Å²) in [6, 6.07) is 9.64. The monoisotopic (exact) mass is 734 g/mol. The average molecular weight is 735 g/mol. The molecule has 276 valence electrons. The number of nitrogen functional groups attached to an aromatic ring is 1. The highest BCUT2D eigenvalue weighted by Gasteiger charge is 2.40. The molecule has 3 saturated heterocycles. The van der Waals surface area contributed by atoms with E-state index in [1.165, 1.54) is 11.0 Å². The zero-order valence-corrected chi connectivity index (χ0v) is 28.8. The normalized spacial score (nSPS) is 20.2. The van der Waals surface area contributed by atoms with E-state index in [1.54, 1.807) is 9.80 Å². The fourth-order valence-electron chi connectivity index (χ4n) is 7.42. The molecule has 0 spiro atoms. The Morgan fingerprint density at radius 3 is 2.35 bits per heavy atom. The Labute approximate surface area is 298 Å². The first-order valence-corrected chi connectivity index (χ1v) is 17.6. The molecule has 4 aliphatic rings. The van der Waals surface area contributed by atoms with Crippen molar-refractivity contribution in [2.24, 2.45) is 0 Å². The number of fused-ring (bicyclic) bond motifs is 1. The summed E-state index contributed by atoms with van der Waals surface area (Å²) < 4.78 is 52.6. The van der Waals surface area contributed by atoms with Gasteiger partial charge in [-0.1, -0.05) is 29.8 Å². The van der Waals surface area contributed by atoms with Crippen molar-refractivity contribution in [3.63, 3.8) is 0 Å². The van der Waals surface area contributed by atoms with E-state index in [-0.39, 0.29) is 60.9 Å². The van der Waals surface area contributed by atoms with Gasteiger partial charge in [-0.3, -0.25) is 9.69 Å². The zero-order valence-electron chi connectivity index (χ0n) is 28.1. The average Bonchev–Trinajstić information content (AvgIpc) is 3.26. The molecule has 4 amide bonds. The minimum absolute atomic E-state index is 0.00399. The van der Waals surface area contributed by atoms with Crippen LogP contribution in [0.3, 0.4) is 0 Å². The quantitative estimate of drug-likeness (QED) is 0.285. The molecule has 6 rings (SSSR count). The van der Waals surface area contributed by atoms with Gasteiger partial charge in [0.15, 0.2) is 6.10 Å². The molecule has 2 aromatic carbocycles. The highest BCUT2D eigenvalue weighted by atomic mass is 35.5. The first kappa shape index (κ1) is 36.7. The van der Waals surface area contributed by atoms with E-state index in [4.69, 9.17) is 26.8 Å². The van der Waals surface area contributed by atoms with E-state index in [0.29, 0.717) is 64.8 Å². The molecule has 2 aromatic rings. The second kappa shape index (κ2) is 15.7. The van der Waals surface area contributed by atoms with E-state index in [9.17, 15) is 32.3 Å². The molecule has 3 fully saturated rings. The molecule has 12 nitrogen and oxygen atoms in total. The van der Waals surface area contributed by atoms with Crippen molar-refractivity contribution in [3.8, 4) is 0 Å². The maximum atomic E-state index is 13.9. The summed E-state index contributed by atoms with van der Waals surface area (Å²) in [4.78, 5) is 58.2. The number of piperidine rings is 2. The summed E-state index contributed by atoms with van der Waals surface area (Å²) in [5.41, 5.74) is 5.77. The van der Waals surface area contributed by atoms with Gasteiger partial charge in [0, 0.05) is 70.0 Å². The Hall–Kier alpha value is -4.08. The van der Waals surface area contributed by atoms with Crippen molar-refractivity contribution in [3.05, 3.63) is 58.1 Å². The van der Waals surface area contributed by atoms with Crippen molar-refractivity contribution in [1.82, 2.24) is 19.6 Å².